The fraction of sp³-hybridized carbons (Fsp3) is 0.485. The van der Waals surface area contributed by atoms with Gasteiger partial charge in [-0.05, 0) is 222 Å². The van der Waals surface area contributed by atoms with Crippen LogP contribution in [-0.2, 0) is 55.5 Å². The van der Waals surface area contributed by atoms with Crippen LogP contribution in [0.15, 0.2) is 189 Å². The van der Waals surface area contributed by atoms with Crippen molar-refractivity contribution in [2.24, 2.45) is 5.73 Å². The maximum atomic E-state index is 12.6. The molecule has 13 rings (SSSR count). The Balaban J connectivity index is 0.000000288. The molecule has 8 heterocycles. The van der Waals surface area contributed by atoms with Gasteiger partial charge < -0.3 is 92.4 Å². The van der Waals surface area contributed by atoms with Gasteiger partial charge in [0, 0.05) is 112 Å². The number of likely N-dealkylation sites (tertiary alicyclic amines) is 3. The Hall–Kier alpha value is -12.6. The van der Waals surface area contributed by atoms with Crippen molar-refractivity contribution in [1.29, 1.82) is 10.5 Å². The highest BCUT2D eigenvalue weighted by Crippen LogP contribution is 2.40. The summed E-state index contributed by atoms with van der Waals surface area (Å²) in [7, 11) is 0. The Morgan fingerprint density at radius 3 is 0.899 bits per heavy atom. The molecule has 0 aliphatic carbocycles. The van der Waals surface area contributed by atoms with E-state index in [2.05, 4.69) is 117 Å². The molecule has 37 heteroatoms. The van der Waals surface area contributed by atoms with Crippen molar-refractivity contribution in [2.75, 3.05) is 108 Å². The molecule has 8 aromatic rings. The van der Waals surface area contributed by atoms with Gasteiger partial charge in [-0.3, -0.25) is 9.59 Å². The quantitative estimate of drug-likeness (QED) is 0.0224. The first-order valence-corrected chi connectivity index (χ1v) is 46.6. The predicted octanol–water partition coefficient (Wildman–Crippen LogP) is 16.6. The Bertz CT molecular complexity index is 5170. The molecule has 13 N–H and O–H groups in total. The number of alkyl halides is 2. The number of nitrogen functional groups attached to an aromatic ring is 3. The third kappa shape index (κ3) is 38.1. The van der Waals surface area contributed by atoms with Gasteiger partial charge in [0.15, 0.2) is 34.5 Å². The van der Waals surface area contributed by atoms with Crippen LogP contribution in [0, 0.1) is 22.7 Å². The first-order chi connectivity index (χ1) is 64.6. The minimum absolute atomic E-state index is 0. The number of amides is 5. The minimum atomic E-state index is -1.16. The zero-order valence-electron chi connectivity index (χ0n) is 81.9. The van der Waals surface area contributed by atoms with E-state index in [1.54, 1.807) is 56.2 Å². The third-order valence-electron chi connectivity index (χ3n) is 22.6. The summed E-state index contributed by atoms with van der Waals surface area (Å²) in [6.45, 7) is 35.8. The SMILES string of the molecule is CC(C)(C)OC(=O)N1CCC(C#N)(c2ccccc2)CC1.CC(C)(C)OC(=O)N1CCC(CN)(c2ccccc2)CC1.CC(C)(C)OC(=O)N1CCC(CNC(=O)c2nccnc2N)(c2ccccc2)CC1.CC(C)(C)OC(=O)OC(=O)OC(C)(C)C.Cl.ClCCl.N#CC1(c2ccccc2)CCNCC1.Nc1nccnc1C(=O)NCC1(c2ccccc2)CCNCC1.Nc1nccnc1C(=O)O. The Morgan fingerprint density at radius 1 is 0.384 bits per heavy atom. The molecule has 138 heavy (non-hydrogen) atoms. The van der Waals surface area contributed by atoms with Crippen molar-refractivity contribution in [3.05, 3.63) is 234 Å². The van der Waals surface area contributed by atoms with E-state index < -0.39 is 51.7 Å². The molecule has 3 aromatic heterocycles. The topological polar surface area (TPSA) is 499 Å². The highest BCUT2D eigenvalue weighted by Gasteiger charge is 2.43. The lowest BCUT2D eigenvalue weighted by atomic mass is 9.72. The Morgan fingerprint density at radius 2 is 0.630 bits per heavy atom. The molecule has 5 amide bonds. The fourth-order valence-corrected chi connectivity index (χ4v) is 15.4. The van der Waals surface area contributed by atoms with Gasteiger partial charge >= 0.3 is 36.6 Å². The molecule has 5 aliphatic rings. The van der Waals surface area contributed by atoms with Crippen LogP contribution in [0.1, 0.15) is 227 Å². The smallest absolute Gasteiger partial charge is 0.476 e. The van der Waals surface area contributed by atoms with Crippen LogP contribution in [0.5, 0.6) is 0 Å². The second-order valence-corrected chi connectivity index (χ2v) is 39.1. The zero-order valence-corrected chi connectivity index (χ0v) is 84.3. The van der Waals surface area contributed by atoms with Crippen LogP contribution in [0.2, 0.25) is 0 Å². The molecular weight excluding hydrogens is 1830 g/mol. The van der Waals surface area contributed by atoms with Gasteiger partial charge in [0.1, 0.15) is 28.0 Å². The van der Waals surface area contributed by atoms with Gasteiger partial charge in [0.2, 0.25) is 0 Å². The number of hydrogen-bond donors (Lipinski definition) is 9. The molecule has 5 fully saturated rings. The summed E-state index contributed by atoms with van der Waals surface area (Å²) in [5, 5.41) is 40.2. The molecule has 5 aromatic carbocycles. The lowest BCUT2D eigenvalue weighted by Crippen LogP contribution is -2.51. The van der Waals surface area contributed by atoms with E-state index in [1.807, 2.05) is 165 Å². The molecule has 748 valence electrons. The third-order valence-corrected chi connectivity index (χ3v) is 22.6. The van der Waals surface area contributed by atoms with E-state index in [-0.39, 0.29) is 104 Å². The number of nitrogens with zero attached hydrogens (tertiary/aromatic N) is 11. The average Bonchev–Trinajstić information content (AvgIpc) is 0.800. The maximum absolute atomic E-state index is 12.6. The van der Waals surface area contributed by atoms with E-state index >= 15 is 0 Å². The number of nitrogens with one attached hydrogen (secondary N) is 4. The molecular formula is C101H138Cl3N19O15. The summed E-state index contributed by atoms with van der Waals surface area (Å²) in [4.78, 5) is 122. The number of nitriles is 2. The second-order valence-electron chi connectivity index (χ2n) is 38.3. The number of anilines is 3. The van der Waals surface area contributed by atoms with E-state index in [1.165, 1.54) is 53.9 Å². The van der Waals surface area contributed by atoms with Gasteiger partial charge in [0.25, 0.3) is 11.8 Å². The van der Waals surface area contributed by atoms with Crippen LogP contribution in [0.25, 0.3) is 0 Å². The van der Waals surface area contributed by atoms with Crippen molar-refractivity contribution >= 4 is 101 Å². The first-order valence-electron chi connectivity index (χ1n) is 45.5. The van der Waals surface area contributed by atoms with Crippen molar-refractivity contribution in [3.8, 4) is 12.1 Å². The van der Waals surface area contributed by atoms with Crippen LogP contribution >= 0.6 is 35.6 Å². The maximum Gasteiger partial charge on any atom is 0.519 e. The average molecular weight is 1960 g/mol. The molecule has 0 unspecified atom stereocenters. The number of aromatic nitrogens is 6. The summed E-state index contributed by atoms with van der Waals surface area (Å²) >= 11 is 9.53. The molecule has 5 aliphatic heterocycles. The number of benzene rings is 5. The van der Waals surface area contributed by atoms with E-state index in [9.17, 15) is 48.9 Å². The van der Waals surface area contributed by atoms with Gasteiger partial charge in [-0.25, -0.2) is 58.7 Å². The summed E-state index contributed by atoms with van der Waals surface area (Å²) in [6.07, 6.45) is 13.8. The fourth-order valence-electron chi connectivity index (χ4n) is 15.4. The number of carboxylic acid groups (broad SMARTS) is 1. The number of halogens is 3. The van der Waals surface area contributed by atoms with Crippen molar-refractivity contribution in [1.82, 2.24) is 65.9 Å². The first kappa shape index (κ1) is 116. The number of carbonyl (C=O) groups excluding carboxylic acids is 7. The summed E-state index contributed by atoms with van der Waals surface area (Å²) in [5.41, 5.74) is 24.7. The van der Waals surface area contributed by atoms with E-state index in [0.717, 1.165) is 75.8 Å². The molecule has 0 radical (unpaired) electrons. The number of carboxylic acids is 1. The van der Waals surface area contributed by atoms with Crippen LogP contribution in [0.4, 0.5) is 41.4 Å². The van der Waals surface area contributed by atoms with Crippen molar-refractivity contribution in [3.63, 3.8) is 0 Å². The monoisotopic (exact) mass is 1960 g/mol. The Labute approximate surface area is 827 Å². The number of hydrogen-bond acceptors (Lipinski definition) is 28. The molecule has 0 spiro atoms. The van der Waals surface area contributed by atoms with Crippen LogP contribution < -0.4 is 44.2 Å². The number of carbonyl (C=O) groups is 8. The lowest BCUT2D eigenvalue weighted by Gasteiger charge is -2.42. The number of piperidine rings is 5. The standard InChI is InChI=1S/C22H29N5O3.C17H21N5O.C17H26N2O2.C17H22N2O2.C12H14N2.C10H18O5.C5H5N3O2.CH2Cl2.ClH/c1-21(2,3)30-20(29)27-13-9-22(10-14-27,16-7-5-4-6-8-16)15-26-19(28)17-18(23)25-12-11-24-17;18-15-14(20-10-11-21-15)16(23)22-12-17(6-8-19-9-7-17)13-4-2-1-3-5-13;2*1-16(2,3)21-15(20)19-11-9-17(13-18,10-12-19)14-7-5-4-6-8-14;13-10-12(6-8-14-9-7-12)11-4-2-1-3-5-11;1-9(2,3)14-7(11)13-8(12)15-10(4,5)6;6-4-3(5(9)10)7-1-2-8-4;2-1-3;/h4-8,11-12H,9-10,13-15H2,1-3H3,(H2,23,25)(H,26,28);1-5,10-11,19H,6-9,12H2,(H2,18,21)(H,22,23);4-8H,9-13,18H2,1-3H3;4-8H,9-12H2,1-3H3;1-5,14H,6-9H2;1-6H3;1-2H,(H2,6,8)(H,9,10);1H2;1H. The Kier molecular flexibility index (Phi) is 45.8. The number of ether oxygens (including phenoxy) is 6. The van der Waals surface area contributed by atoms with Gasteiger partial charge in [0.05, 0.1) is 28.3 Å². The summed E-state index contributed by atoms with van der Waals surface area (Å²) < 4.78 is 30.1. The van der Waals surface area contributed by atoms with Gasteiger partial charge in [-0.2, -0.15) is 10.5 Å². The number of rotatable bonds is 13. The predicted molar refractivity (Wildman–Crippen MR) is 535 cm³/mol. The number of aromatic carboxylic acids is 1. The van der Waals surface area contributed by atoms with Crippen molar-refractivity contribution in [2.45, 2.75) is 223 Å². The summed E-state index contributed by atoms with van der Waals surface area (Å²) in [5.74, 6) is -1.59. The molecule has 0 saturated carbocycles. The van der Waals surface area contributed by atoms with Crippen LogP contribution in [-0.4, -0.2) is 217 Å². The largest absolute Gasteiger partial charge is 0.519 e. The van der Waals surface area contributed by atoms with Crippen LogP contribution in [0.3, 0.4) is 0 Å². The van der Waals surface area contributed by atoms with Gasteiger partial charge in [-0.15, -0.1) is 35.6 Å². The molecule has 34 nitrogen and oxygen atoms in total. The lowest BCUT2D eigenvalue weighted by molar-refractivity contribution is -0.0296. The molecule has 0 bridgehead atoms. The minimum Gasteiger partial charge on any atom is -0.476 e. The molecule has 5 saturated heterocycles. The van der Waals surface area contributed by atoms with E-state index in [0.29, 0.717) is 84.6 Å². The highest BCUT2D eigenvalue weighted by atomic mass is 35.5. The highest BCUT2D eigenvalue weighted by molar-refractivity contribution is 6.40. The second kappa shape index (κ2) is 54.5. The molecule has 0 atom stereocenters. The van der Waals surface area contributed by atoms with Gasteiger partial charge in [-0.1, -0.05) is 152 Å². The summed E-state index contributed by atoms with van der Waals surface area (Å²) in [6, 6.07) is 55.7. The van der Waals surface area contributed by atoms with Crippen molar-refractivity contribution < 1.29 is 71.9 Å². The zero-order chi connectivity index (χ0) is 101. The normalized spacial score (nSPS) is 15.9. The number of nitrogens with two attached hydrogens (primary N) is 4. The van der Waals surface area contributed by atoms with E-state index in [4.69, 9.17) is 74.9 Å².